The van der Waals surface area contributed by atoms with Gasteiger partial charge in [0.1, 0.15) is 0 Å². The Morgan fingerprint density at radius 1 is 1.24 bits per heavy atom. The molecule has 1 aliphatic rings. The van der Waals surface area contributed by atoms with E-state index in [9.17, 15) is 8.42 Å². The third-order valence-corrected chi connectivity index (χ3v) is 6.74. The van der Waals surface area contributed by atoms with Crippen LogP contribution in [0.1, 0.15) is 52.9 Å². The van der Waals surface area contributed by atoms with Crippen molar-refractivity contribution in [2.45, 2.75) is 58.9 Å². The van der Waals surface area contributed by atoms with E-state index in [0.717, 1.165) is 38.6 Å². The first-order valence-electron chi connectivity index (χ1n) is 8.42. The van der Waals surface area contributed by atoms with E-state index in [2.05, 4.69) is 19.2 Å². The number of rotatable bonds is 9. The van der Waals surface area contributed by atoms with Gasteiger partial charge in [0, 0.05) is 32.2 Å². The molecule has 0 aliphatic carbocycles. The molecule has 1 unspecified atom stereocenters. The van der Waals surface area contributed by atoms with Gasteiger partial charge < -0.3 is 5.32 Å². The second kappa shape index (κ2) is 9.08. The molecule has 0 radical (unpaired) electrons. The SMILES string of the molecule is CCC(CC)CN(CC)S(=O)(=O)N1CCCCC1CNC. The van der Waals surface area contributed by atoms with Gasteiger partial charge in [0.25, 0.3) is 10.2 Å². The van der Waals surface area contributed by atoms with Crippen LogP contribution in [0.3, 0.4) is 0 Å². The molecule has 1 saturated heterocycles. The molecular weight excluding hydrogens is 286 g/mol. The molecule has 1 aliphatic heterocycles. The molecule has 21 heavy (non-hydrogen) atoms. The number of nitrogens with one attached hydrogen (secondary N) is 1. The lowest BCUT2D eigenvalue weighted by atomic mass is 10.0. The lowest BCUT2D eigenvalue weighted by Gasteiger charge is -2.38. The highest BCUT2D eigenvalue weighted by Crippen LogP contribution is 2.23. The van der Waals surface area contributed by atoms with E-state index in [-0.39, 0.29) is 6.04 Å². The fourth-order valence-corrected chi connectivity index (χ4v) is 5.03. The summed E-state index contributed by atoms with van der Waals surface area (Å²) in [6.07, 6.45) is 5.12. The standard InChI is InChI=1S/C15H33N3O2S/c1-5-14(6-2)13-17(7-3)21(19,20)18-11-9-8-10-15(18)12-16-4/h14-16H,5-13H2,1-4H3. The van der Waals surface area contributed by atoms with Crippen molar-refractivity contribution in [1.29, 1.82) is 0 Å². The Balaban J connectivity index is 2.88. The summed E-state index contributed by atoms with van der Waals surface area (Å²) in [4.78, 5) is 0. The Morgan fingerprint density at radius 3 is 2.43 bits per heavy atom. The average molecular weight is 320 g/mol. The molecule has 1 heterocycles. The molecule has 0 spiro atoms. The van der Waals surface area contributed by atoms with Gasteiger partial charge in [-0.2, -0.15) is 17.0 Å². The first kappa shape index (κ1) is 18.9. The highest BCUT2D eigenvalue weighted by atomic mass is 32.2. The van der Waals surface area contributed by atoms with Crippen LogP contribution < -0.4 is 5.32 Å². The van der Waals surface area contributed by atoms with Gasteiger partial charge in [0.15, 0.2) is 0 Å². The molecule has 1 fully saturated rings. The summed E-state index contributed by atoms with van der Waals surface area (Å²) in [7, 11) is -1.44. The average Bonchev–Trinajstić information content (AvgIpc) is 2.49. The van der Waals surface area contributed by atoms with Crippen LogP contribution in [0.15, 0.2) is 0 Å². The predicted molar refractivity (Wildman–Crippen MR) is 88.5 cm³/mol. The van der Waals surface area contributed by atoms with E-state index in [1.54, 1.807) is 8.61 Å². The Labute approximate surface area is 131 Å². The first-order chi connectivity index (χ1) is 10.0. The molecule has 0 saturated carbocycles. The summed E-state index contributed by atoms with van der Waals surface area (Å²) < 4.78 is 29.4. The van der Waals surface area contributed by atoms with E-state index in [4.69, 9.17) is 0 Å². The summed E-state index contributed by atoms with van der Waals surface area (Å²) in [6.45, 7) is 8.82. The van der Waals surface area contributed by atoms with Crippen LogP contribution in [0.5, 0.6) is 0 Å². The zero-order valence-electron chi connectivity index (χ0n) is 14.1. The third kappa shape index (κ3) is 4.91. The minimum atomic E-state index is -3.33. The van der Waals surface area contributed by atoms with Crippen LogP contribution in [0.25, 0.3) is 0 Å². The van der Waals surface area contributed by atoms with Crippen LogP contribution in [0.4, 0.5) is 0 Å². The van der Waals surface area contributed by atoms with Gasteiger partial charge >= 0.3 is 0 Å². The second-order valence-electron chi connectivity index (χ2n) is 5.96. The molecule has 1 N–H and O–H groups in total. The van der Waals surface area contributed by atoms with Crippen LogP contribution in [-0.4, -0.2) is 56.3 Å². The normalized spacial score (nSPS) is 21.3. The molecule has 1 atom stereocenters. The number of hydrogen-bond donors (Lipinski definition) is 1. The molecular formula is C15H33N3O2S. The highest BCUT2D eigenvalue weighted by Gasteiger charge is 2.36. The largest absolute Gasteiger partial charge is 0.318 e. The molecule has 126 valence electrons. The number of hydrogen-bond acceptors (Lipinski definition) is 3. The summed E-state index contributed by atoms with van der Waals surface area (Å²) >= 11 is 0. The van der Waals surface area contributed by atoms with Crippen molar-refractivity contribution in [3.8, 4) is 0 Å². The van der Waals surface area contributed by atoms with Gasteiger partial charge in [0.2, 0.25) is 0 Å². The van der Waals surface area contributed by atoms with Crippen molar-refractivity contribution in [2.75, 3.05) is 33.2 Å². The Bertz CT molecular complexity index is 380. The molecule has 0 aromatic rings. The van der Waals surface area contributed by atoms with Gasteiger partial charge in [-0.05, 0) is 25.8 Å². The first-order valence-corrected chi connectivity index (χ1v) is 9.82. The Kier molecular flexibility index (Phi) is 8.16. The lowest BCUT2D eigenvalue weighted by molar-refractivity contribution is 0.222. The zero-order chi connectivity index (χ0) is 15.9. The number of likely N-dealkylation sites (N-methyl/N-ethyl adjacent to an activating group) is 1. The van der Waals surface area contributed by atoms with Crippen molar-refractivity contribution in [3.63, 3.8) is 0 Å². The molecule has 1 rings (SSSR count). The minimum absolute atomic E-state index is 0.101. The smallest absolute Gasteiger partial charge is 0.282 e. The lowest BCUT2D eigenvalue weighted by Crippen LogP contribution is -2.54. The van der Waals surface area contributed by atoms with Crippen molar-refractivity contribution in [3.05, 3.63) is 0 Å². The van der Waals surface area contributed by atoms with Gasteiger partial charge in [-0.15, -0.1) is 0 Å². The topological polar surface area (TPSA) is 52.7 Å². The maximum absolute atomic E-state index is 13.0. The molecule has 0 bridgehead atoms. The van der Waals surface area contributed by atoms with Gasteiger partial charge in [0.05, 0.1) is 0 Å². The molecule has 0 aromatic heterocycles. The summed E-state index contributed by atoms with van der Waals surface area (Å²) in [5.41, 5.74) is 0. The minimum Gasteiger partial charge on any atom is -0.318 e. The van der Waals surface area contributed by atoms with Crippen LogP contribution >= 0.6 is 0 Å². The van der Waals surface area contributed by atoms with Crippen molar-refractivity contribution >= 4 is 10.2 Å². The maximum atomic E-state index is 13.0. The quantitative estimate of drug-likeness (QED) is 0.708. The van der Waals surface area contributed by atoms with E-state index in [1.807, 2.05) is 14.0 Å². The van der Waals surface area contributed by atoms with E-state index in [1.165, 1.54) is 0 Å². The monoisotopic (exact) mass is 319 g/mol. The molecule has 0 amide bonds. The predicted octanol–water partition coefficient (Wildman–Crippen LogP) is 2.06. The Hall–Kier alpha value is -0.170. The van der Waals surface area contributed by atoms with Crippen molar-refractivity contribution in [1.82, 2.24) is 13.9 Å². The van der Waals surface area contributed by atoms with Crippen molar-refractivity contribution < 1.29 is 8.42 Å². The maximum Gasteiger partial charge on any atom is 0.282 e. The van der Waals surface area contributed by atoms with Crippen LogP contribution in [-0.2, 0) is 10.2 Å². The molecule has 0 aromatic carbocycles. The van der Waals surface area contributed by atoms with E-state index >= 15 is 0 Å². The molecule has 6 heteroatoms. The fraction of sp³-hybridized carbons (Fsp3) is 1.00. The molecule has 5 nitrogen and oxygen atoms in total. The third-order valence-electron chi connectivity index (χ3n) is 4.60. The second-order valence-corrected chi connectivity index (χ2v) is 7.84. The van der Waals surface area contributed by atoms with Gasteiger partial charge in [-0.25, -0.2) is 0 Å². The van der Waals surface area contributed by atoms with Gasteiger partial charge in [-0.1, -0.05) is 40.0 Å². The highest BCUT2D eigenvalue weighted by molar-refractivity contribution is 7.86. The fourth-order valence-electron chi connectivity index (χ4n) is 3.09. The summed E-state index contributed by atoms with van der Waals surface area (Å²) in [5, 5.41) is 3.13. The van der Waals surface area contributed by atoms with Crippen LogP contribution in [0.2, 0.25) is 0 Å². The van der Waals surface area contributed by atoms with E-state index < -0.39 is 10.2 Å². The zero-order valence-corrected chi connectivity index (χ0v) is 15.0. The summed E-state index contributed by atoms with van der Waals surface area (Å²) in [5.74, 6) is 0.451. The van der Waals surface area contributed by atoms with Crippen LogP contribution in [0, 0.1) is 5.92 Å². The van der Waals surface area contributed by atoms with E-state index in [0.29, 0.717) is 25.6 Å². The number of piperidine rings is 1. The van der Waals surface area contributed by atoms with Crippen molar-refractivity contribution in [2.24, 2.45) is 5.92 Å². The summed E-state index contributed by atoms with van der Waals surface area (Å²) in [6, 6.07) is 0.101. The Morgan fingerprint density at radius 2 is 1.90 bits per heavy atom. The van der Waals surface area contributed by atoms with Gasteiger partial charge in [-0.3, -0.25) is 0 Å². The number of nitrogens with zero attached hydrogens (tertiary/aromatic N) is 2.